The molecule has 0 saturated heterocycles. The van der Waals surface area contributed by atoms with E-state index in [1.165, 1.54) is 430 Å². The van der Waals surface area contributed by atoms with Gasteiger partial charge in [0.25, 0.3) is 0 Å². The number of allylic oxidation sites excluding steroid dienone is 2. The fraction of sp³-hybridized carbons (Fsp3) is 0.953. The molecule has 2 unspecified atom stereocenters. The lowest BCUT2D eigenvalue weighted by Gasteiger charge is -2.22. The Balaban J connectivity index is 3.32. The van der Waals surface area contributed by atoms with Crippen LogP contribution in [0.1, 0.15) is 502 Å². The number of aliphatic hydroxyl groups excluding tert-OH is 2. The number of rotatable bonds is 82. The molecule has 0 rings (SSSR count). The van der Waals surface area contributed by atoms with E-state index in [1.807, 2.05) is 0 Å². The minimum atomic E-state index is -0.662. The molecular weight excluding hydrogens is 1130 g/mol. The van der Waals surface area contributed by atoms with E-state index in [4.69, 9.17) is 4.74 Å². The van der Waals surface area contributed by atoms with E-state index in [0.717, 1.165) is 38.5 Å². The second-order valence-electron chi connectivity index (χ2n) is 29.9. The number of amides is 1. The van der Waals surface area contributed by atoms with Crippen molar-refractivity contribution in [1.29, 1.82) is 0 Å². The van der Waals surface area contributed by atoms with E-state index in [9.17, 15) is 19.8 Å². The molecule has 0 aromatic heterocycles. The third kappa shape index (κ3) is 77.6. The minimum absolute atomic E-state index is 0.0245. The summed E-state index contributed by atoms with van der Waals surface area (Å²) in [5, 5.41) is 23.5. The summed E-state index contributed by atoms with van der Waals surface area (Å²) in [6.45, 7) is 5.02. The predicted octanol–water partition coefficient (Wildman–Crippen LogP) is 28.6. The van der Waals surface area contributed by atoms with Crippen LogP contribution in [0.25, 0.3) is 0 Å². The van der Waals surface area contributed by atoms with Crippen molar-refractivity contribution in [3.63, 3.8) is 0 Å². The van der Waals surface area contributed by atoms with Crippen LogP contribution in [0.2, 0.25) is 0 Å². The number of esters is 1. The first-order valence-electron chi connectivity index (χ1n) is 42.9. The Morgan fingerprint density at radius 2 is 0.511 bits per heavy atom. The van der Waals surface area contributed by atoms with Gasteiger partial charge in [-0.2, -0.15) is 0 Å². The molecule has 2 atom stereocenters. The summed E-state index contributed by atoms with van der Waals surface area (Å²) in [7, 11) is 0. The van der Waals surface area contributed by atoms with Gasteiger partial charge in [0.05, 0.1) is 25.4 Å². The van der Waals surface area contributed by atoms with Crippen LogP contribution in [-0.4, -0.2) is 47.4 Å². The predicted molar refractivity (Wildman–Crippen MR) is 407 cm³/mol. The molecule has 0 aliphatic heterocycles. The molecule has 0 aliphatic rings. The number of nitrogens with one attached hydrogen (secondary N) is 1. The third-order valence-electron chi connectivity index (χ3n) is 20.6. The zero-order valence-corrected chi connectivity index (χ0v) is 63.1. The molecule has 0 bridgehead atoms. The van der Waals surface area contributed by atoms with E-state index in [-0.39, 0.29) is 18.5 Å². The summed E-state index contributed by atoms with van der Waals surface area (Å²) in [4.78, 5) is 24.7. The minimum Gasteiger partial charge on any atom is -0.466 e. The zero-order valence-electron chi connectivity index (χ0n) is 63.1. The van der Waals surface area contributed by atoms with Crippen LogP contribution in [0.15, 0.2) is 12.2 Å². The van der Waals surface area contributed by atoms with Crippen LogP contribution in [-0.2, 0) is 14.3 Å². The molecule has 0 saturated carbocycles. The van der Waals surface area contributed by atoms with Crippen molar-refractivity contribution in [3.05, 3.63) is 12.2 Å². The number of carbonyl (C=O) groups excluding carboxylic acids is 2. The number of aliphatic hydroxyl groups is 2. The molecule has 0 aromatic carbocycles. The zero-order chi connectivity index (χ0) is 66.3. The Bertz CT molecular complexity index is 1400. The molecular formula is C86H169NO5. The molecule has 6 nitrogen and oxygen atoms in total. The van der Waals surface area contributed by atoms with Crippen molar-refractivity contribution in [2.24, 2.45) is 0 Å². The summed E-state index contributed by atoms with van der Waals surface area (Å²) < 4.78 is 5.51. The average molecular weight is 1300 g/mol. The van der Waals surface area contributed by atoms with Gasteiger partial charge in [0, 0.05) is 12.8 Å². The van der Waals surface area contributed by atoms with Crippen LogP contribution in [0, 0.1) is 0 Å². The largest absolute Gasteiger partial charge is 0.466 e. The maximum Gasteiger partial charge on any atom is 0.305 e. The molecule has 0 aliphatic carbocycles. The third-order valence-corrected chi connectivity index (χ3v) is 20.6. The number of unbranched alkanes of at least 4 members (excludes halogenated alkanes) is 69. The molecule has 6 heteroatoms. The molecule has 3 N–H and O–H groups in total. The van der Waals surface area contributed by atoms with Crippen molar-refractivity contribution in [2.45, 2.75) is 514 Å². The highest BCUT2D eigenvalue weighted by atomic mass is 16.5. The number of carbonyl (C=O) groups is 2. The summed E-state index contributed by atoms with van der Waals surface area (Å²) in [5.41, 5.74) is 0. The van der Waals surface area contributed by atoms with Crippen molar-refractivity contribution in [2.75, 3.05) is 13.2 Å². The Morgan fingerprint density at radius 1 is 0.293 bits per heavy atom. The Kier molecular flexibility index (Phi) is 80.8. The fourth-order valence-electron chi connectivity index (χ4n) is 14.1. The summed E-state index contributed by atoms with van der Waals surface area (Å²) in [6.07, 6.45) is 105. The Labute approximate surface area is 578 Å². The van der Waals surface area contributed by atoms with Crippen molar-refractivity contribution >= 4 is 11.9 Å². The van der Waals surface area contributed by atoms with Gasteiger partial charge >= 0.3 is 5.97 Å². The van der Waals surface area contributed by atoms with Gasteiger partial charge in [0.15, 0.2) is 0 Å². The van der Waals surface area contributed by atoms with E-state index in [0.29, 0.717) is 25.9 Å². The smallest absolute Gasteiger partial charge is 0.305 e. The summed E-state index contributed by atoms with van der Waals surface area (Å²) in [5.74, 6) is 0.00124. The van der Waals surface area contributed by atoms with Gasteiger partial charge in [-0.25, -0.2) is 0 Å². The van der Waals surface area contributed by atoms with Gasteiger partial charge in [-0.05, 0) is 51.4 Å². The van der Waals surface area contributed by atoms with Gasteiger partial charge in [0.2, 0.25) is 5.91 Å². The first-order chi connectivity index (χ1) is 45.5. The van der Waals surface area contributed by atoms with E-state index < -0.39 is 12.1 Å². The number of hydrogen-bond acceptors (Lipinski definition) is 5. The summed E-state index contributed by atoms with van der Waals surface area (Å²) in [6, 6.07) is -0.539. The van der Waals surface area contributed by atoms with Gasteiger partial charge in [-0.1, -0.05) is 450 Å². The lowest BCUT2D eigenvalue weighted by molar-refractivity contribution is -0.143. The van der Waals surface area contributed by atoms with Crippen molar-refractivity contribution in [1.82, 2.24) is 5.32 Å². The van der Waals surface area contributed by atoms with E-state index in [1.54, 1.807) is 0 Å². The number of ether oxygens (including phenoxy) is 1. The van der Waals surface area contributed by atoms with Crippen LogP contribution < -0.4 is 5.32 Å². The van der Waals surface area contributed by atoms with Crippen LogP contribution in [0.3, 0.4) is 0 Å². The van der Waals surface area contributed by atoms with Gasteiger partial charge in [-0.15, -0.1) is 0 Å². The highest BCUT2D eigenvalue weighted by Crippen LogP contribution is 2.21. The quantitative estimate of drug-likeness (QED) is 0.0320. The van der Waals surface area contributed by atoms with Crippen LogP contribution >= 0.6 is 0 Å². The molecule has 0 heterocycles. The van der Waals surface area contributed by atoms with Crippen LogP contribution in [0.5, 0.6) is 0 Å². The SMILES string of the molecule is CCCCCCCCCCCCCCCCCCCCCCCCCC(O)C(CO)NC(=O)CCCCCCCCCCCCCCCCCCC/C=C\CCCCCCCCCCCCCCCCCCOC(=O)CCCCCCCCCCCCCCCCC. The molecule has 548 valence electrons. The molecule has 0 radical (unpaired) electrons. The Hall–Kier alpha value is -1.40. The Morgan fingerprint density at radius 3 is 0.772 bits per heavy atom. The second-order valence-corrected chi connectivity index (χ2v) is 29.9. The molecule has 0 fully saturated rings. The fourth-order valence-corrected chi connectivity index (χ4v) is 14.1. The summed E-state index contributed by atoms with van der Waals surface area (Å²) >= 11 is 0. The van der Waals surface area contributed by atoms with Gasteiger partial charge in [-0.3, -0.25) is 9.59 Å². The molecule has 0 spiro atoms. The maximum atomic E-state index is 12.6. The first kappa shape index (κ1) is 90.6. The highest BCUT2D eigenvalue weighted by Gasteiger charge is 2.20. The maximum absolute atomic E-state index is 12.6. The monoisotopic (exact) mass is 1300 g/mol. The molecule has 92 heavy (non-hydrogen) atoms. The van der Waals surface area contributed by atoms with E-state index >= 15 is 0 Å². The van der Waals surface area contributed by atoms with Crippen molar-refractivity contribution in [3.8, 4) is 0 Å². The van der Waals surface area contributed by atoms with Gasteiger partial charge < -0.3 is 20.3 Å². The average Bonchev–Trinajstić information content (AvgIpc) is 3.61. The lowest BCUT2D eigenvalue weighted by Crippen LogP contribution is -2.45. The van der Waals surface area contributed by atoms with Gasteiger partial charge in [0.1, 0.15) is 0 Å². The van der Waals surface area contributed by atoms with Crippen molar-refractivity contribution < 1.29 is 24.5 Å². The normalized spacial score (nSPS) is 12.4. The topological polar surface area (TPSA) is 95.9 Å². The first-order valence-corrected chi connectivity index (χ1v) is 42.9. The number of hydrogen-bond donors (Lipinski definition) is 3. The molecule has 0 aromatic rings. The van der Waals surface area contributed by atoms with Crippen LogP contribution in [0.4, 0.5) is 0 Å². The standard InChI is InChI=1S/C86H169NO5/c1-3-5-7-9-11-13-15-17-19-20-21-22-38-41-44-47-51-54-58-62-66-70-74-78-84(89)83(82-88)87-85(90)79-75-71-67-63-59-55-52-48-45-42-39-36-34-32-30-28-26-24-23-25-27-29-31-33-35-37-40-43-46-49-53-57-61-65-69-73-77-81-92-86(91)80-76-72-68-64-60-56-50-18-16-14-12-10-8-6-4-2/h23,25,83-84,88-89H,3-22,24,26-82H2,1-2H3,(H,87,90)/b25-23-. The van der Waals surface area contributed by atoms with E-state index in [2.05, 4.69) is 31.3 Å². The molecule has 1 amide bonds. The lowest BCUT2D eigenvalue weighted by atomic mass is 10.0. The highest BCUT2D eigenvalue weighted by molar-refractivity contribution is 5.76. The second kappa shape index (κ2) is 82.0.